The predicted octanol–water partition coefficient (Wildman–Crippen LogP) is 1.03. The van der Waals surface area contributed by atoms with Crippen LogP contribution in [-0.4, -0.2) is 37.9 Å². The summed E-state index contributed by atoms with van der Waals surface area (Å²) in [5.74, 6) is 1.11. The zero-order valence-corrected chi connectivity index (χ0v) is 10.8. The van der Waals surface area contributed by atoms with Crippen LogP contribution >= 0.6 is 0 Å². The summed E-state index contributed by atoms with van der Waals surface area (Å²) in [7, 11) is 1.58. The van der Waals surface area contributed by atoms with Gasteiger partial charge >= 0.3 is 5.97 Å². The van der Waals surface area contributed by atoms with Crippen molar-refractivity contribution >= 4 is 5.97 Å². The third-order valence-electron chi connectivity index (χ3n) is 2.73. The average molecular weight is 267 g/mol. The predicted molar refractivity (Wildman–Crippen MR) is 67.9 cm³/mol. The quantitative estimate of drug-likeness (QED) is 0.750. The molecule has 0 unspecified atom stereocenters. The summed E-state index contributed by atoms with van der Waals surface area (Å²) < 4.78 is 16.3. The number of nitrogens with one attached hydrogen (secondary N) is 1. The van der Waals surface area contributed by atoms with E-state index in [2.05, 4.69) is 5.32 Å². The van der Waals surface area contributed by atoms with Gasteiger partial charge in [-0.2, -0.15) is 0 Å². The van der Waals surface area contributed by atoms with Gasteiger partial charge in [0.05, 0.1) is 13.5 Å². The molecule has 0 saturated heterocycles. The molecule has 6 nitrogen and oxygen atoms in total. The van der Waals surface area contributed by atoms with Crippen LogP contribution in [0.4, 0.5) is 0 Å². The molecule has 2 rings (SSSR count). The van der Waals surface area contributed by atoms with E-state index < -0.39 is 5.97 Å². The minimum Gasteiger partial charge on any atom is -0.493 e. The fourth-order valence-electron chi connectivity index (χ4n) is 1.86. The number of carbonyl (C=O) groups is 1. The van der Waals surface area contributed by atoms with E-state index in [9.17, 15) is 4.79 Å². The fraction of sp³-hybridized carbons (Fsp3) is 0.462. The second-order valence-electron chi connectivity index (χ2n) is 4.14. The lowest BCUT2D eigenvalue weighted by Gasteiger charge is -2.21. The summed E-state index contributed by atoms with van der Waals surface area (Å²) in [6, 6.07) is 3.74. The van der Waals surface area contributed by atoms with Crippen molar-refractivity contribution in [2.75, 3.05) is 26.9 Å². The van der Waals surface area contributed by atoms with Gasteiger partial charge in [-0.15, -0.1) is 0 Å². The van der Waals surface area contributed by atoms with Gasteiger partial charge < -0.3 is 24.6 Å². The van der Waals surface area contributed by atoms with Crippen LogP contribution in [0.1, 0.15) is 12.0 Å². The number of benzene rings is 1. The molecular weight excluding hydrogens is 250 g/mol. The highest BCUT2D eigenvalue weighted by Crippen LogP contribution is 2.40. The molecule has 0 bridgehead atoms. The number of rotatable bonds is 6. The molecule has 1 aromatic rings. The zero-order chi connectivity index (χ0) is 13.7. The third kappa shape index (κ3) is 3.51. The second-order valence-corrected chi connectivity index (χ2v) is 4.14. The highest BCUT2D eigenvalue weighted by atomic mass is 16.6. The Labute approximate surface area is 111 Å². The first-order valence-corrected chi connectivity index (χ1v) is 6.09. The molecule has 6 heteroatoms. The van der Waals surface area contributed by atoms with Crippen molar-refractivity contribution in [2.24, 2.45) is 0 Å². The Hall–Kier alpha value is -1.95. The van der Waals surface area contributed by atoms with Gasteiger partial charge in [0.25, 0.3) is 0 Å². The number of carboxylic acids is 1. The Bertz CT molecular complexity index is 443. The average Bonchev–Trinajstić information content (AvgIpc) is 2.42. The Kier molecular flexibility index (Phi) is 4.46. The number of ether oxygens (including phenoxy) is 3. The highest BCUT2D eigenvalue weighted by Gasteiger charge is 2.18. The standard InChI is InChI=1S/C13H17NO5/c1-17-10-6-9(8-14-3-2-12(15)16)7-11-13(10)19-5-4-18-11/h6-7,14H,2-5,8H2,1H3,(H,15,16). The smallest absolute Gasteiger partial charge is 0.304 e. The van der Waals surface area contributed by atoms with E-state index in [0.717, 1.165) is 5.56 Å². The molecule has 104 valence electrons. The molecule has 0 saturated carbocycles. The first kappa shape index (κ1) is 13.5. The lowest BCUT2D eigenvalue weighted by atomic mass is 10.1. The van der Waals surface area contributed by atoms with Gasteiger partial charge in [0.15, 0.2) is 11.5 Å². The summed E-state index contributed by atoms with van der Waals surface area (Å²) in [5, 5.41) is 11.6. The maximum absolute atomic E-state index is 10.4. The minimum atomic E-state index is -0.813. The molecule has 1 heterocycles. The van der Waals surface area contributed by atoms with Crippen LogP contribution in [-0.2, 0) is 11.3 Å². The minimum absolute atomic E-state index is 0.0989. The van der Waals surface area contributed by atoms with Crippen LogP contribution < -0.4 is 19.5 Å². The van der Waals surface area contributed by atoms with Gasteiger partial charge in [0.2, 0.25) is 5.75 Å². The van der Waals surface area contributed by atoms with Crippen LogP contribution in [0.2, 0.25) is 0 Å². The molecule has 0 amide bonds. The molecule has 0 aromatic heterocycles. The Balaban J connectivity index is 2.02. The Morgan fingerprint density at radius 3 is 2.95 bits per heavy atom. The summed E-state index contributed by atoms with van der Waals surface area (Å²) >= 11 is 0. The van der Waals surface area contributed by atoms with Gasteiger partial charge in [-0.25, -0.2) is 0 Å². The lowest BCUT2D eigenvalue weighted by Crippen LogP contribution is -2.19. The summed E-state index contributed by atoms with van der Waals surface area (Å²) in [4.78, 5) is 10.4. The molecule has 0 fully saturated rings. The first-order valence-electron chi connectivity index (χ1n) is 6.09. The number of hydrogen-bond acceptors (Lipinski definition) is 5. The second kappa shape index (κ2) is 6.29. The molecule has 1 aromatic carbocycles. The van der Waals surface area contributed by atoms with Gasteiger partial charge in [0.1, 0.15) is 13.2 Å². The van der Waals surface area contributed by atoms with Gasteiger partial charge in [-0.05, 0) is 17.7 Å². The van der Waals surface area contributed by atoms with Crippen molar-refractivity contribution in [3.8, 4) is 17.2 Å². The first-order chi connectivity index (χ1) is 9.20. The summed E-state index contributed by atoms with van der Waals surface area (Å²) in [6.07, 6.45) is 0.0989. The number of carboxylic acid groups (broad SMARTS) is 1. The number of methoxy groups -OCH3 is 1. The maximum Gasteiger partial charge on any atom is 0.304 e. The largest absolute Gasteiger partial charge is 0.493 e. The van der Waals surface area contributed by atoms with E-state index >= 15 is 0 Å². The molecule has 1 aliphatic rings. The molecule has 1 aliphatic heterocycles. The van der Waals surface area contributed by atoms with Crippen molar-refractivity contribution < 1.29 is 24.1 Å². The molecular formula is C13H17NO5. The van der Waals surface area contributed by atoms with E-state index in [1.165, 1.54) is 0 Å². The van der Waals surface area contributed by atoms with Crippen LogP contribution in [0, 0.1) is 0 Å². The Morgan fingerprint density at radius 1 is 1.42 bits per heavy atom. The van der Waals surface area contributed by atoms with Crippen LogP contribution in [0.5, 0.6) is 17.2 Å². The number of aliphatic carboxylic acids is 1. The maximum atomic E-state index is 10.4. The lowest BCUT2D eigenvalue weighted by molar-refractivity contribution is -0.136. The van der Waals surface area contributed by atoms with E-state index in [1.54, 1.807) is 7.11 Å². The van der Waals surface area contributed by atoms with Crippen LogP contribution in [0.15, 0.2) is 12.1 Å². The third-order valence-corrected chi connectivity index (χ3v) is 2.73. The van der Waals surface area contributed by atoms with Crippen molar-refractivity contribution in [3.05, 3.63) is 17.7 Å². The number of hydrogen-bond donors (Lipinski definition) is 2. The van der Waals surface area contributed by atoms with Crippen LogP contribution in [0.25, 0.3) is 0 Å². The molecule has 2 N–H and O–H groups in total. The van der Waals surface area contributed by atoms with Crippen molar-refractivity contribution in [1.29, 1.82) is 0 Å². The van der Waals surface area contributed by atoms with E-state index in [1.807, 2.05) is 12.1 Å². The molecule has 0 radical (unpaired) electrons. The van der Waals surface area contributed by atoms with Gasteiger partial charge in [-0.1, -0.05) is 0 Å². The molecule has 0 atom stereocenters. The normalized spacial score (nSPS) is 13.1. The van der Waals surface area contributed by atoms with Crippen LogP contribution in [0.3, 0.4) is 0 Å². The van der Waals surface area contributed by atoms with E-state index in [-0.39, 0.29) is 6.42 Å². The summed E-state index contributed by atoms with van der Waals surface area (Å²) in [5.41, 5.74) is 0.964. The molecule has 0 aliphatic carbocycles. The van der Waals surface area contributed by atoms with E-state index in [4.69, 9.17) is 19.3 Å². The van der Waals surface area contributed by atoms with Crippen molar-refractivity contribution in [2.45, 2.75) is 13.0 Å². The monoisotopic (exact) mass is 267 g/mol. The van der Waals surface area contributed by atoms with Gasteiger partial charge in [0, 0.05) is 13.1 Å². The van der Waals surface area contributed by atoms with Crippen molar-refractivity contribution in [1.82, 2.24) is 5.32 Å². The Morgan fingerprint density at radius 2 is 2.21 bits per heavy atom. The SMILES string of the molecule is COc1cc(CNCCC(=O)O)cc2c1OCCO2. The van der Waals surface area contributed by atoms with Crippen molar-refractivity contribution in [3.63, 3.8) is 0 Å². The summed E-state index contributed by atoms with van der Waals surface area (Å²) in [6.45, 7) is 2.01. The fourth-order valence-corrected chi connectivity index (χ4v) is 1.86. The zero-order valence-electron chi connectivity index (χ0n) is 10.8. The van der Waals surface area contributed by atoms with E-state index in [0.29, 0.717) is 43.6 Å². The number of fused-ring (bicyclic) bond motifs is 1. The van der Waals surface area contributed by atoms with Gasteiger partial charge in [-0.3, -0.25) is 4.79 Å². The highest BCUT2D eigenvalue weighted by molar-refractivity contribution is 5.66. The molecule has 0 spiro atoms. The topological polar surface area (TPSA) is 77.0 Å². The molecule has 19 heavy (non-hydrogen) atoms.